The van der Waals surface area contributed by atoms with Gasteiger partial charge in [-0.3, -0.25) is 0 Å². The summed E-state index contributed by atoms with van der Waals surface area (Å²) in [5.41, 5.74) is 1.19. The molecule has 1 unspecified atom stereocenters. The van der Waals surface area contributed by atoms with Gasteiger partial charge in [0.25, 0.3) is 0 Å². The molecule has 2 heteroatoms. The van der Waals surface area contributed by atoms with Gasteiger partial charge in [0.05, 0.1) is 13.7 Å². The Kier molecular flexibility index (Phi) is 4.22. The topological polar surface area (TPSA) is 18.5 Å². The van der Waals surface area contributed by atoms with Crippen LogP contribution in [-0.4, -0.2) is 13.7 Å². The zero-order chi connectivity index (χ0) is 11.3. The highest BCUT2D eigenvalue weighted by molar-refractivity contribution is 5.44. The number of ether oxygens (including phenoxy) is 2. The highest BCUT2D eigenvalue weighted by atomic mass is 16.5. The third-order valence-electron chi connectivity index (χ3n) is 2.37. The Hall–Kier alpha value is -1.44. The van der Waals surface area contributed by atoms with Crippen LogP contribution in [0.4, 0.5) is 0 Å². The Labute approximate surface area is 91.5 Å². The molecular formula is C13H18O2. The Morgan fingerprint density at radius 1 is 1.40 bits per heavy atom. The van der Waals surface area contributed by atoms with Crippen LogP contribution in [0.3, 0.4) is 0 Å². The minimum Gasteiger partial charge on any atom is -0.493 e. The minimum atomic E-state index is 0.328. The van der Waals surface area contributed by atoms with Gasteiger partial charge < -0.3 is 9.47 Å². The van der Waals surface area contributed by atoms with Crippen LogP contribution < -0.4 is 9.47 Å². The molecule has 0 saturated heterocycles. The van der Waals surface area contributed by atoms with Gasteiger partial charge in [-0.05, 0) is 30.5 Å². The molecular weight excluding hydrogens is 188 g/mol. The SMILES string of the molecule is C=CC(C)c1ccc(OCC)c(OC)c1. The second-order valence-corrected chi connectivity index (χ2v) is 3.37. The maximum atomic E-state index is 5.45. The molecule has 0 aliphatic rings. The average molecular weight is 206 g/mol. The molecule has 1 atom stereocenters. The van der Waals surface area contributed by atoms with Gasteiger partial charge in [0.15, 0.2) is 11.5 Å². The molecule has 0 bridgehead atoms. The van der Waals surface area contributed by atoms with Gasteiger partial charge in [-0.15, -0.1) is 6.58 Å². The fraction of sp³-hybridized carbons (Fsp3) is 0.385. The summed E-state index contributed by atoms with van der Waals surface area (Å²) in [6, 6.07) is 5.98. The van der Waals surface area contributed by atoms with Crippen LogP contribution in [-0.2, 0) is 0 Å². The maximum Gasteiger partial charge on any atom is 0.161 e. The average Bonchev–Trinajstić information content (AvgIpc) is 2.29. The van der Waals surface area contributed by atoms with Crippen LogP contribution in [0, 0.1) is 0 Å². The molecule has 0 spiro atoms. The fourth-order valence-corrected chi connectivity index (χ4v) is 1.38. The molecule has 1 aromatic carbocycles. The standard InChI is InChI=1S/C13H18O2/c1-5-10(3)11-7-8-12(15-6-2)13(9-11)14-4/h5,7-10H,1,6H2,2-4H3. The molecule has 0 saturated carbocycles. The third-order valence-corrected chi connectivity index (χ3v) is 2.37. The molecule has 1 aromatic rings. The predicted octanol–water partition coefficient (Wildman–Crippen LogP) is 3.38. The summed E-state index contributed by atoms with van der Waals surface area (Å²) in [5, 5.41) is 0. The summed E-state index contributed by atoms with van der Waals surface area (Å²) < 4.78 is 10.7. The summed E-state index contributed by atoms with van der Waals surface area (Å²) in [6.07, 6.45) is 1.91. The van der Waals surface area contributed by atoms with Gasteiger partial charge >= 0.3 is 0 Å². The molecule has 0 aliphatic carbocycles. The molecule has 0 N–H and O–H groups in total. The predicted molar refractivity (Wildman–Crippen MR) is 62.8 cm³/mol. The molecule has 15 heavy (non-hydrogen) atoms. The first kappa shape index (κ1) is 11.6. The van der Waals surface area contributed by atoms with Crippen molar-refractivity contribution in [2.24, 2.45) is 0 Å². The maximum absolute atomic E-state index is 5.45. The molecule has 0 aliphatic heterocycles. The molecule has 0 aromatic heterocycles. The summed E-state index contributed by atoms with van der Waals surface area (Å²) in [7, 11) is 1.65. The summed E-state index contributed by atoms with van der Waals surface area (Å²) in [5.74, 6) is 1.90. The molecule has 0 radical (unpaired) electrons. The fourth-order valence-electron chi connectivity index (χ4n) is 1.38. The third kappa shape index (κ3) is 2.75. The lowest BCUT2D eigenvalue weighted by Gasteiger charge is -2.12. The van der Waals surface area contributed by atoms with Crippen molar-refractivity contribution in [2.45, 2.75) is 19.8 Å². The largest absolute Gasteiger partial charge is 0.493 e. The van der Waals surface area contributed by atoms with Crippen LogP contribution in [0.2, 0.25) is 0 Å². The number of hydrogen-bond acceptors (Lipinski definition) is 2. The van der Waals surface area contributed by atoms with Crippen LogP contribution in [0.25, 0.3) is 0 Å². The summed E-state index contributed by atoms with van der Waals surface area (Å²) in [6.45, 7) is 8.48. The Morgan fingerprint density at radius 3 is 2.67 bits per heavy atom. The van der Waals surface area contributed by atoms with Crippen LogP contribution in [0.15, 0.2) is 30.9 Å². The first-order chi connectivity index (χ1) is 7.22. The molecule has 82 valence electrons. The van der Waals surface area contributed by atoms with Crippen molar-refractivity contribution in [3.63, 3.8) is 0 Å². The van der Waals surface area contributed by atoms with E-state index in [-0.39, 0.29) is 0 Å². The molecule has 0 fully saturated rings. The van der Waals surface area contributed by atoms with Crippen molar-refractivity contribution in [1.29, 1.82) is 0 Å². The van der Waals surface area contributed by atoms with E-state index in [4.69, 9.17) is 9.47 Å². The summed E-state index contributed by atoms with van der Waals surface area (Å²) in [4.78, 5) is 0. The quantitative estimate of drug-likeness (QED) is 0.687. The summed E-state index contributed by atoms with van der Waals surface area (Å²) >= 11 is 0. The minimum absolute atomic E-state index is 0.328. The van der Waals surface area contributed by atoms with Gasteiger partial charge in [-0.1, -0.05) is 19.1 Å². The molecule has 1 rings (SSSR count). The van der Waals surface area contributed by atoms with Crippen molar-refractivity contribution in [1.82, 2.24) is 0 Å². The van der Waals surface area contributed by atoms with E-state index in [1.165, 1.54) is 5.56 Å². The van der Waals surface area contributed by atoms with Gasteiger partial charge in [-0.25, -0.2) is 0 Å². The van der Waals surface area contributed by atoms with Gasteiger partial charge in [0.1, 0.15) is 0 Å². The van der Waals surface area contributed by atoms with E-state index >= 15 is 0 Å². The van der Waals surface area contributed by atoms with Gasteiger partial charge in [0.2, 0.25) is 0 Å². The number of hydrogen-bond donors (Lipinski definition) is 0. The van der Waals surface area contributed by atoms with Crippen LogP contribution in [0.5, 0.6) is 11.5 Å². The van der Waals surface area contributed by atoms with E-state index in [1.807, 2.05) is 31.2 Å². The monoisotopic (exact) mass is 206 g/mol. The molecule has 2 nitrogen and oxygen atoms in total. The van der Waals surface area contributed by atoms with Crippen molar-refractivity contribution in [3.05, 3.63) is 36.4 Å². The Bertz CT molecular complexity index is 331. The lowest BCUT2D eigenvalue weighted by atomic mass is 10.0. The highest BCUT2D eigenvalue weighted by Gasteiger charge is 2.07. The van der Waals surface area contributed by atoms with E-state index in [1.54, 1.807) is 7.11 Å². The first-order valence-corrected chi connectivity index (χ1v) is 5.16. The van der Waals surface area contributed by atoms with Crippen molar-refractivity contribution in [3.8, 4) is 11.5 Å². The second kappa shape index (κ2) is 5.44. The number of methoxy groups -OCH3 is 1. The highest BCUT2D eigenvalue weighted by Crippen LogP contribution is 2.30. The van der Waals surface area contributed by atoms with Gasteiger partial charge in [-0.2, -0.15) is 0 Å². The van der Waals surface area contributed by atoms with Crippen molar-refractivity contribution < 1.29 is 9.47 Å². The number of benzene rings is 1. The van der Waals surface area contributed by atoms with Crippen molar-refractivity contribution in [2.75, 3.05) is 13.7 Å². The van der Waals surface area contributed by atoms with E-state index in [2.05, 4.69) is 13.5 Å². The number of allylic oxidation sites excluding steroid dienone is 1. The zero-order valence-electron chi connectivity index (χ0n) is 9.62. The zero-order valence-corrected chi connectivity index (χ0v) is 9.62. The van der Waals surface area contributed by atoms with Crippen molar-refractivity contribution >= 4 is 0 Å². The normalized spacial score (nSPS) is 11.9. The van der Waals surface area contributed by atoms with Gasteiger partial charge in [0, 0.05) is 0 Å². The molecule has 0 amide bonds. The smallest absolute Gasteiger partial charge is 0.161 e. The first-order valence-electron chi connectivity index (χ1n) is 5.16. The van der Waals surface area contributed by atoms with Crippen LogP contribution in [0.1, 0.15) is 25.3 Å². The van der Waals surface area contributed by atoms with E-state index in [0.29, 0.717) is 12.5 Å². The van der Waals surface area contributed by atoms with E-state index in [0.717, 1.165) is 11.5 Å². The number of rotatable bonds is 5. The Balaban J connectivity index is 3.01. The van der Waals surface area contributed by atoms with E-state index < -0.39 is 0 Å². The molecule has 0 heterocycles. The van der Waals surface area contributed by atoms with E-state index in [9.17, 15) is 0 Å². The van der Waals surface area contributed by atoms with Crippen LogP contribution >= 0.6 is 0 Å². The second-order valence-electron chi connectivity index (χ2n) is 3.37. The lowest BCUT2D eigenvalue weighted by Crippen LogP contribution is -1.97. The Morgan fingerprint density at radius 2 is 2.13 bits per heavy atom. The lowest BCUT2D eigenvalue weighted by molar-refractivity contribution is 0.310.